The van der Waals surface area contributed by atoms with Crippen molar-refractivity contribution in [3.05, 3.63) is 30.0 Å². The predicted molar refractivity (Wildman–Crippen MR) is 69.7 cm³/mol. The molecule has 7 nitrogen and oxygen atoms in total. The molecule has 0 fully saturated rings. The molecule has 0 aromatic carbocycles. The maximum absolute atomic E-state index is 5.91. The minimum Gasteiger partial charge on any atom is -0.479 e. The number of nitrogens with one attached hydrogen (secondary N) is 1. The van der Waals surface area contributed by atoms with Crippen molar-refractivity contribution in [3.63, 3.8) is 0 Å². The van der Waals surface area contributed by atoms with E-state index in [9.17, 15) is 0 Å². The summed E-state index contributed by atoms with van der Waals surface area (Å²) in [6.45, 7) is 0.760. The van der Waals surface area contributed by atoms with E-state index in [1.54, 1.807) is 13.4 Å². The van der Waals surface area contributed by atoms with Gasteiger partial charge < -0.3 is 24.9 Å². The number of nitrogens with two attached hydrogens (primary N) is 1. The summed E-state index contributed by atoms with van der Waals surface area (Å²) < 4.78 is 15.3. The molecule has 2 aromatic heterocycles. The van der Waals surface area contributed by atoms with E-state index in [0.29, 0.717) is 29.8 Å². The van der Waals surface area contributed by atoms with Crippen LogP contribution in [0.5, 0.6) is 5.88 Å². The van der Waals surface area contributed by atoms with Gasteiger partial charge in [0.2, 0.25) is 5.88 Å². The van der Waals surface area contributed by atoms with Crippen molar-refractivity contribution < 1.29 is 13.9 Å². The Labute approximate surface area is 110 Å². The molecular formula is C12H16N4O3. The van der Waals surface area contributed by atoms with Crippen LogP contribution in [0.25, 0.3) is 0 Å². The highest BCUT2D eigenvalue weighted by molar-refractivity contribution is 5.66. The van der Waals surface area contributed by atoms with E-state index in [2.05, 4.69) is 15.3 Å². The molecule has 0 saturated heterocycles. The summed E-state index contributed by atoms with van der Waals surface area (Å²) in [5.41, 5.74) is 6.27. The summed E-state index contributed by atoms with van der Waals surface area (Å²) in [7, 11) is 3.08. The van der Waals surface area contributed by atoms with Crippen molar-refractivity contribution in [2.75, 3.05) is 25.3 Å². The predicted octanol–water partition coefficient (Wildman–Crippen LogP) is 1.42. The first-order valence-corrected chi connectivity index (χ1v) is 5.70. The molecule has 0 atom stereocenters. The second-order valence-electron chi connectivity index (χ2n) is 3.78. The van der Waals surface area contributed by atoms with Gasteiger partial charge in [-0.05, 0) is 12.1 Å². The molecule has 102 valence electrons. The summed E-state index contributed by atoms with van der Waals surface area (Å²) in [5, 5.41) is 3.08. The number of ether oxygens (including phenoxy) is 2. The lowest BCUT2D eigenvalue weighted by Gasteiger charge is -2.11. The molecule has 0 amide bonds. The van der Waals surface area contributed by atoms with Crippen molar-refractivity contribution in [2.24, 2.45) is 0 Å². The minimum atomic E-state index is 0.284. The zero-order valence-electron chi connectivity index (χ0n) is 10.8. The van der Waals surface area contributed by atoms with Crippen LogP contribution in [0.1, 0.15) is 11.6 Å². The van der Waals surface area contributed by atoms with Gasteiger partial charge >= 0.3 is 0 Å². The molecule has 0 unspecified atom stereocenters. The third-order valence-corrected chi connectivity index (χ3v) is 2.43. The van der Waals surface area contributed by atoms with Gasteiger partial charge in [0.25, 0.3) is 0 Å². The van der Waals surface area contributed by atoms with Gasteiger partial charge in [-0.25, -0.2) is 4.98 Å². The summed E-state index contributed by atoms with van der Waals surface area (Å²) >= 11 is 0. The van der Waals surface area contributed by atoms with Crippen LogP contribution in [0.15, 0.2) is 22.8 Å². The Kier molecular flexibility index (Phi) is 4.19. The molecule has 2 aromatic rings. The number of nitrogen functional groups attached to an aromatic ring is 1. The van der Waals surface area contributed by atoms with Crippen LogP contribution in [0.4, 0.5) is 11.5 Å². The second-order valence-corrected chi connectivity index (χ2v) is 3.78. The number of aromatic nitrogens is 2. The third-order valence-electron chi connectivity index (χ3n) is 2.43. The second kappa shape index (κ2) is 6.05. The first kappa shape index (κ1) is 13.2. The van der Waals surface area contributed by atoms with Crippen molar-refractivity contribution in [1.29, 1.82) is 0 Å². The summed E-state index contributed by atoms with van der Waals surface area (Å²) in [4.78, 5) is 8.42. The fraction of sp³-hybridized carbons (Fsp3) is 0.333. The van der Waals surface area contributed by atoms with E-state index in [1.807, 2.05) is 12.1 Å². The van der Waals surface area contributed by atoms with Crippen LogP contribution < -0.4 is 15.8 Å². The highest BCUT2D eigenvalue weighted by atomic mass is 16.5. The average Bonchev–Trinajstić information content (AvgIpc) is 2.92. The Morgan fingerprint density at radius 1 is 1.37 bits per heavy atom. The van der Waals surface area contributed by atoms with Crippen molar-refractivity contribution in [3.8, 4) is 5.88 Å². The van der Waals surface area contributed by atoms with Gasteiger partial charge in [0.1, 0.15) is 18.1 Å². The standard InChI is InChI=1S/C12H16N4O3/c1-17-7-9-15-11(10(13)12(16-9)18-2)14-6-8-4-3-5-19-8/h3-5H,6-7,13H2,1-2H3,(H,14,15,16). The molecule has 0 aliphatic rings. The molecule has 2 rings (SSSR count). The monoisotopic (exact) mass is 264 g/mol. The minimum absolute atomic E-state index is 0.284. The first-order valence-electron chi connectivity index (χ1n) is 5.70. The lowest BCUT2D eigenvalue weighted by Crippen LogP contribution is -2.10. The topological polar surface area (TPSA) is 95.4 Å². The van der Waals surface area contributed by atoms with Gasteiger partial charge in [-0.15, -0.1) is 0 Å². The summed E-state index contributed by atoms with van der Waals surface area (Å²) in [6.07, 6.45) is 1.61. The number of hydrogen-bond acceptors (Lipinski definition) is 7. The summed E-state index contributed by atoms with van der Waals surface area (Å²) in [5.74, 6) is 2.10. The maximum Gasteiger partial charge on any atom is 0.242 e. The fourth-order valence-corrected chi connectivity index (χ4v) is 1.56. The van der Waals surface area contributed by atoms with Crippen LogP contribution in [-0.2, 0) is 17.9 Å². The molecule has 0 spiro atoms. The molecule has 0 bridgehead atoms. The SMILES string of the molecule is COCc1nc(NCc2ccco2)c(N)c(OC)n1. The van der Waals surface area contributed by atoms with Gasteiger partial charge in [0.05, 0.1) is 19.9 Å². The molecule has 7 heteroatoms. The van der Waals surface area contributed by atoms with E-state index in [-0.39, 0.29) is 6.61 Å². The summed E-state index contributed by atoms with van der Waals surface area (Å²) in [6, 6.07) is 3.68. The maximum atomic E-state index is 5.91. The zero-order chi connectivity index (χ0) is 13.7. The largest absolute Gasteiger partial charge is 0.479 e. The Balaban J connectivity index is 2.19. The molecular weight excluding hydrogens is 248 g/mol. The van der Waals surface area contributed by atoms with Gasteiger partial charge in [-0.3, -0.25) is 0 Å². The van der Waals surface area contributed by atoms with E-state index in [0.717, 1.165) is 5.76 Å². The van der Waals surface area contributed by atoms with Crippen molar-refractivity contribution in [2.45, 2.75) is 13.2 Å². The molecule has 0 saturated carbocycles. The number of anilines is 2. The van der Waals surface area contributed by atoms with Crippen LogP contribution in [0, 0.1) is 0 Å². The molecule has 2 heterocycles. The molecule has 0 aliphatic heterocycles. The van der Waals surface area contributed by atoms with Crippen LogP contribution in [0.3, 0.4) is 0 Å². The van der Waals surface area contributed by atoms with E-state index in [4.69, 9.17) is 19.6 Å². The van der Waals surface area contributed by atoms with Crippen LogP contribution in [0.2, 0.25) is 0 Å². The fourth-order valence-electron chi connectivity index (χ4n) is 1.56. The Morgan fingerprint density at radius 3 is 2.84 bits per heavy atom. The molecule has 0 radical (unpaired) electrons. The van der Waals surface area contributed by atoms with Crippen LogP contribution in [-0.4, -0.2) is 24.2 Å². The third kappa shape index (κ3) is 3.14. The number of nitrogens with zero attached hydrogens (tertiary/aromatic N) is 2. The lowest BCUT2D eigenvalue weighted by atomic mass is 10.4. The number of methoxy groups -OCH3 is 2. The number of furan rings is 1. The van der Waals surface area contributed by atoms with E-state index >= 15 is 0 Å². The average molecular weight is 264 g/mol. The number of rotatable bonds is 6. The van der Waals surface area contributed by atoms with Crippen LogP contribution >= 0.6 is 0 Å². The van der Waals surface area contributed by atoms with E-state index in [1.165, 1.54) is 7.11 Å². The van der Waals surface area contributed by atoms with E-state index < -0.39 is 0 Å². The molecule has 19 heavy (non-hydrogen) atoms. The van der Waals surface area contributed by atoms with Crippen molar-refractivity contribution >= 4 is 11.5 Å². The van der Waals surface area contributed by atoms with Gasteiger partial charge in [0, 0.05) is 7.11 Å². The number of hydrogen-bond donors (Lipinski definition) is 2. The zero-order valence-corrected chi connectivity index (χ0v) is 10.8. The normalized spacial score (nSPS) is 10.4. The Bertz CT molecular complexity index is 528. The Morgan fingerprint density at radius 2 is 2.21 bits per heavy atom. The highest BCUT2D eigenvalue weighted by Gasteiger charge is 2.12. The quantitative estimate of drug-likeness (QED) is 0.814. The van der Waals surface area contributed by atoms with Gasteiger partial charge in [-0.1, -0.05) is 0 Å². The molecule has 0 aliphatic carbocycles. The van der Waals surface area contributed by atoms with Gasteiger partial charge in [-0.2, -0.15) is 4.98 Å². The lowest BCUT2D eigenvalue weighted by molar-refractivity contribution is 0.177. The first-order chi connectivity index (χ1) is 9.24. The Hall–Kier alpha value is -2.28. The smallest absolute Gasteiger partial charge is 0.242 e. The van der Waals surface area contributed by atoms with Gasteiger partial charge in [0.15, 0.2) is 11.6 Å². The highest BCUT2D eigenvalue weighted by Crippen LogP contribution is 2.26. The molecule has 3 N–H and O–H groups in total. The van der Waals surface area contributed by atoms with Crippen molar-refractivity contribution in [1.82, 2.24) is 9.97 Å².